The molecule has 7 heteroatoms. The number of aromatic nitrogens is 2. The molecule has 136 valence electrons. The van der Waals surface area contributed by atoms with Crippen LogP contribution >= 0.6 is 0 Å². The first-order chi connectivity index (χ1) is 13.2. The van der Waals surface area contributed by atoms with Gasteiger partial charge in [0.1, 0.15) is 0 Å². The van der Waals surface area contributed by atoms with Gasteiger partial charge in [-0.15, -0.1) is 0 Å². The molecule has 1 aromatic heterocycles. The van der Waals surface area contributed by atoms with Gasteiger partial charge in [0.2, 0.25) is 0 Å². The first-order valence-corrected chi connectivity index (χ1v) is 8.73. The summed E-state index contributed by atoms with van der Waals surface area (Å²) in [5.74, 6) is -0.167. The first kappa shape index (κ1) is 16.8. The van der Waals surface area contributed by atoms with E-state index in [9.17, 15) is 9.59 Å². The molecule has 4 rings (SSSR count). The van der Waals surface area contributed by atoms with Crippen molar-refractivity contribution in [1.82, 2.24) is 20.4 Å². The van der Waals surface area contributed by atoms with Gasteiger partial charge in [-0.05, 0) is 36.4 Å². The molecule has 1 fully saturated rings. The second-order valence-corrected chi connectivity index (χ2v) is 6.24. The number of rotatable bonds is 5. The normalized spacial score (nSPS) is 13.5. The summed E-state index contributed by atoms with van der Waals surface area (Å²) in [5, 5.41) is 9.97. The number of carbonyl (C=O) groups is 2. The molecule has 0 atom stereocenters. The van der Waals surface area contributed by atoms with Crippen molar-refractivity contribution in [3.8, 4) is 5.69 Å². The van der Waals surface area contributed by atoms with E-state index < -0.39 is 0 Å². The standard InChI is InChI=1S/C20H19N5O2/c26-19(16-6-8-17(9-7-16)24-11-10-21-20(24)27)22-12-15-13-23-25(14-15)18-4-2-1-3-5-18/h1-9,13-14H,10-12H2,(H,21,27)(H,22,26). The summed E-state index contributed by atoms with van der Waals surface area (Å²) < 4.78 is 1.78. The third-order valence-corrected chi connectivity index (χ3v) is 4.41. The van der Waals surface area contributed by atoms with Crippen LogP contribution in [0.4, 0.5) is 10.5 Å². The lowest BCUT2D eigenvalue weighted by atomic mass is 10.2. The van der Waals surface area contributed by atoms with Crippen molar-refractivity contribution in [2.24, 2.45) is 0 Å². The van der Waals surface area contributed by atoms with E-state index in [-0.39, 0.29) is 11.9 Å². The van der Waals surface area contributed by atoms with Crippen molar-refractivity contribution >= 4 is 17.6 Å². The molecule has 0 bridgehead atoms. The maximum atomic E-state index is 12.4. The van der Waals surface area contributed by atoms with Gasteiger partial charge in [-0.1, -0.05) is 18.2 Å². The number of urea groups is 1. The summed E-state index contributed by atoms with van der Waals surface area (Å²) in [4.78, 5) is 25.7. The molecule has 3 amide bonds. The van der Waals surface area contributed by atoms with Crippen LogP contribution < -0.4 is 15.5 Å². The predicted octanol–water partition coefficient (Wildman–Crippen LogP) is 2.33. The summed E-state index contributed by atoms with van der Waals surface area (Å²) in [5.41, 5.74) is 3.22. The van der Waals surface area contributed by atoms with Gasteiger partial charge in [0, 0.05) is 42.6 Å². The zero-order valence-electron chi connectivity index (χ0n) is 14.6. The van der Waals surface area contributed by atoms with Gasteiger partial charge in [0.25, 0.3) is 5.91 Å². The van der Waals surface area contributed by atoms with Gasteiger partial charge in [0.05, 0.1) is 11.9 Å². The molecule has 7 nitrogen and oxygen atoms in total. The number of amides is 3. The van der Waals surface area contributed by atoms with Crippen LogP contribution in [0, 0.1) is 0 Å². The second-order valence-electron chi connectivity index (χ2n) is 6.24. The number of para-hydroxylation sites is 1. The number of benzene rings is 2. The molecule has 1 saturated heterocycles. The zero-order chi connectivity index (χ0) is 18.6. The fraction of sp³-hybridized carbons (Fsp3) is 0.150. The van der Waals surface area contributed by atoms with Crippen molar-refractivity contribution < 1.29 is 9.59 Å². The third kappa shape index (κ3) is 3.67. The average molecular weight is 361 g/mol. The molecule has 2 N–H and O–H groups in total. The van der Waals surface area contributed by atoms with Crippen LogP contribution in [-0.4, -0.2) is 34.8 Å². The number of hydrogen-bond acceptors (Lipinski definition) is 3. The quantitative estimate of drug-likeness (QED) is 0.732. The monoisotopic (exact) mass is 361 g/mol. The average Bonchev–Trinajstić information content (AvgIpc) is 3.36. The van der Waals surface area contributed by atoms with Crippen LogP contribution in [0.15, 0.2) is 67.0 Å². The van der Waals surface area contributed by atoms with E-state index in [0.717, 1.165) is 16.9 Å². The highest BCUT2D eigenvalue weighted by atomic mass is 16.2. The molecule has 0 spiro atoms. The Hall–Kier alpha value is -3.61. The largest absolute Gasteiger partial charge is 0.348 e. The minimum Gasteiger partial charge on any atom is -0.348 e. The van der Waals surface area contributed by atoms with Crippen LogP contribution in [0.3, 0.4) is 0 Å². The van der Waals surface area contributed by atoms with Crippen LogP contribution in [0.2, 0.25) is 0 Å². The van der Waals surface area contributed by atoms with Crippen molar-refractivity contribution in [3.63, 3.8) is 0 Å². The molecule has 3 aromatic rings. The summed E-state index contributed by atoms with van der Waals surface area (Å²) in [6, 6.07) is 16.7. The van der Waals surface area contributed by atoms with Crippen LogP contribution in [0.1, 0.15) is 15.9 Å². The van der Waals surface area contributed by atoms with Gasteiger partial charge in [0.15, 0.2) is 0 Å². The van der Waals surface area contributed by atoms with Crippen LogP contribution in [-0.2, 0) is 6.54 Å². The van der Waals surface area contributed by atoms with Crippen molar-refractivity contribution in [3.05, 3.63) is 78.1 Å². The predicted molar refractivity (Wildman–Crippen MR) is 102 cm³/mol. The van der Waals surface area contributed by atoms with Gasteiger partial charge < -0.3 is 10.6 Å². The van der Waals surface area contributed by atoms with Crippen LogP contribution in [0.5, 0.6) is 0 Å². The Balaban J connectivity index is 1.37. The summed E-state index contributed by atoms with van der Waals surface area (Å²) in [7, 11) is 0. The highest BCUT2D eigenvalue weighted by molar-refractivity contribution is 5.96. The highest BCUT2D eigenvalue weighted by Crippen LogP contribution is 2.17. The summed E-state index contributed by atoms with van der Waals surface area (Å²) in [6.45, 7) is 1.66. The number of nitrogens with zero attached hydrogens (tertiary/aromatic N) is 3. The Morgan fingerprint density at radius 2 is 1.85 bits per heavy atom. The number of anilines is 1. The fourth-order valence-corrected chi connectivity index (χ4v) is 2.97. The van der Waals surface area contributed by atoms with Gasteiger partial charge in [-0.3, -0.25) is 9.69 Å². The van der Waals surface area contributed by atoms with Crippen LogP contribution in [0.25, 0.3) is 5.69 Å². The van der Waals surface area contributed by atoms with E-state index in [1.807, 2.05) is 36.5 Å². The Morgan fingerprint density at radius 1 is 1.07 bits per heavy atom. The molecule has 27 heavy (non-hydrogen) atoms. The molecule has 1 aliphatic rings. The lowest BCUT2D eigenvalue weighted by Gasteiger charge is -2.14. The third-order valence-electron chi connectivity index (χ3n) is 4.41. The molecule has 2 heterocycles. The smallest absolute Gasteiger partial charge is 0.321 e. The minimum atomic E-state index is -0.167. The molecule has 0 unspecified atom stereocenters. The Kier molecular flexibility index (Phi) is 4.57. The van der Waals surface area contributed by atoms with Gasteiger partial charge in [-0.2, -0.15) is 5.10 Å². The molecule has 0 aliphatic carbocycles. The summed E-state index contributed by atoms with van der Waals surface area (Å²) in [6.07, 6.45) is 3.63. The minimum absolute atomic E-state index is 0.109. The second kappa shape index (κ2) is 7.33. The van der Waals surface area contributed by atoms with E-state index in [1.165, 1.54) is 0 Å². The Morgan fingerprint density at radius 3 is 2.56 bits per heavy atom. The number of nitrogens with one attached hydrogen (secondary N) is 2. The van der Waals surface area contributed by atoms with E-state index in [2.05, 4.69) is 15.7 Å². The lowest BCUT2D eigenvalue weighted by Crippen LogP contribution is -2.27. The molecule has 0 saturated carbocycles. The van der Waals surface area contributed by atoms with E-state index >= 15 is 0 Å². The van der Waals surface area contributed by atoms with Gasteiger partial charge in [-0.25, -0.2) is 9.48 Å². The van der Waals surface area contributed by atoms with Crippen molar-refractivity contribution in [2.45, 2.75) is 6.54 Å². The maximum absolute atomic E-state index is 12.4. The van der Waals surface area contributed by atoms with E-state index in [0.29, 0.717) is 25.2 Å². The fourth-order valence-electron chi connectivity index (χ4n) is 2.97. The maximum Gasteiger partial charge on any atom is 0.321 e. The van der Waals surface area contributed by atoms with Crippen molar-refractivity contribution in [2.75, 3.05) is 18.0 Å². The SMILES string of the molecule is O=C(NCc1cnn(-c2ccccc2)c1)c1ccc(N2CCNC2=O)cc1. The van der Waals surface area contributed by atoms with Crippen molar-refractivity contribution in [1.29, 1.82) is 0 Å². The molecular weight excluding hydrogens is 342 g/mol. The molecule has 0 radical (unpaired) electrons. The first-order valence-electron chi connectivity index (χ1n) is 8.73. The Bertz CT molecular complexity index is 950. The van der Waals surface area contributed by atoms with E-state index in [4.69, 9.17) is 0 Å². The molecule has 1 aliphatic heterocycles. The number of hydrogen-bond donors (Lipinski definition) is 2. The Labute approximate surface area is 156 Å². The lowest BCUT2D eigenvalue weighted by molar-refractivity contribution is 0.0951. The highest BCUT2D eigenvalue weighted by Gasteiger charge is 2.21. The molecular formula is C20H19N5O2. The zero-order valence-corrected chi connectivity index (χ0v) is 14.6. The number of carbonyl (C=O) groups excluding carboxylic acids is 2. The molecule has 2 aromatic carbocycles. The van der Waals surface area contributed by atoms with Gasteiger partial charge >= 0.3 is 6.03 Å². The van der Waals surface area contributed by atoms with E-state index in [1.54, 1.807) is 40.0 Å². The summed E-state index contributed by atoms with van der Waals surface area (Å²) >= 11 is 0. The topological polar surface area (TPSA) is 79.3 Å².